The molecule has 6 nitrogen and oxygen atoms in total. The van der Waals surface area contributed by atoms with Crippen molar-refractivity contribution < 1.29 is 19.1 Å². The molecule has 1 rings (SSSR count). The minimum absolute atomic E-state index is 0.0533. The van der Waals surface area contributed by atoms with Crippen molar-refractivity contribution in [2.24, 2.45) is 0 Å². The van der Waals surface area contributed by atoms with Crippen LogP contribution in [0.2, 0.25) is 0 Å². The van der Waals surface area contributed by atoms with Crippen molar-refractivity contribution in [1.82, 2.24) is 0 Å². The fraction of sp³-hybridized carbons (Fsp3) is 0.250. The van der Waals surface area contributed by atoms with Crippen LogP contribution in [-0.2, 0) is 4.57 Å². The third kappa shape index (κ3) is 2.55. The molecule has 1 aromatic carbocycles. The molecular formula is C8H10NO5P. The predicted octanol–water partition coefficient (Wildman–Crippen LogP) is 1.13. The van der Waals surface area contributed by atoms with E-state index in [9.17, 15) is 19.6 Å². The lowest BCUT2D eigenvalue weighted by Crippen LogP contribution is -2.08. The van der Waals surface area contributed by atoms with E-state index < -0.39 is 12.3 Å². The highest BCUT2D eigenvalue weighted by Crippen LogP contribution is 2.38. The normalized spacial score (nSPS) is 14.3. The molecule has 1 atom stereocenters. The number of rotatable bonds is 3. The summed E-state index contributed by atoms with van der Waals surface area (Å²) in [7, 11) is -2.18. The second-order valence-corrected chi connectivity index (χ2v) is 5.23. The van der Waals surface area contributed by atoms with Crippen molar-refractivity contribution in [3.63, 3.8) is 0 Å². The van der Waals surface area contributed by atoms with Gasteiger partial charge in [0.2, 0.25) is 7.37 Å². The summed E-state index contributed by atoms with van der Waals surface area (Å²) in [6.45, 7) is 1.15. The second kappa shape index (κ2) is 4.00. The van der Waals surface area contributed by atoms with Crippen LogP contribution in [0.1, 0.15) is 0 Å². The van der Waals surface area contributed by atoms with E-state index in [-0.39, 0.29) is 16.7 Å². The Labute approximate surface area is 86.1 Å². The third-order valence-electron chi connectivity index (χ3n) is 1.82. The lowest BCUT2D eigenvalue weighted by Gasteiger charge is -2.10. The average Bonchev–Trinajstić information content (AvgIpc) is 2.15. The molecule has 0 aliphatic carbocycles. The van der Waals surface area contributed by atoms with Gasteiger partial charge in [0.25, 0.3) is 5.69 Å². The molecule has 0 aromatic heterocycles. The molecule has 0 heterocycles. The molecular weight excluding hydrogens is 221 g/mol. The third-order valence-corrected chi connectivity index (χ3v) is 3.08. The number of methoxy groups -OCH3 is 1. The number of benzene rings is 1. The molecule has 0 saturated heterocycles. The molecule has 7 heteroatoms. The highest BCUT2D eigenvalue weighted by atomic mass is 31.2. The van der Waals surface area contributed by atoms with E-state index in [2.05, 4.69) is 0 Å². The molecule has 1 N–H and O–H groups in total. The molecule has 82 valence electrons. The Morgan fingerprint density at radius 1 is 1.53 bits per heavy atom. The van der Waals surface area contributed by atoms with Gasteiger partial charge in [0.05, 0.1) is 23.4 Å². The van der Waals surface area contributed by atoms with Gasteiger partial charge in [-0.1, -0.05) is 0 Å². The van der Waals surface area contributed by atoms with Gasteiger partial charge >= 0.3 is 0 Å². The number of nitrogens with zero attached hydrogens (tertiary/aromatic N) is 1. The molecule has 0 radical (unpaired) electrons. The van der Waals surface area contributed by atoms with Crippen LogP contribution in [0.3, 0.4) is 0 Å². The number of ether oxygens (including phenoxy) is 1. The summed E-state index contributed by atoms with van der Waals surface area (Å²) in [6.07, 6.45) is 0. The Morgan fingerprint density at radius 3 is 2.53 bits per heavy atom. The van der Waals surface area contributed by atoms with Gasteiger partial charge in [-0.15, -0.1) is 0 Å². The quantitative estimate of drug-likeness (QED) is 0.478. The van der Waals surface area contributed by atoms with E-state index in [4.69, 9.17) is 4.74 Å². The number of nitro benzene ring substituents is 1. The van der Waals surface area contributed by atoms with Crippen LogP contribution < -0.4 is 10.0 Å². The molecule has 0 bridgehead atoms. The minimum atomic E-state index is -3.47. The second-order valence-electron chi connectivity index (χ2n) is 2.99. The standard InChI is InChI=1S/C8H10NO5P/c1-14-7-5-6(9(10)11)3-4-8(7)15(2,12)13/h3-5H,1-2H3,(H,12,13). The summed E-state index contributed by atoms with van der Waals surface area (Å²) < 4.78 is 16.2. The molecule has 0 aliphatic heterocycles. The van der Waals surface area contributed by atoms with Gasteiger partial charge in [-0.05, 0) is 6.07 Å². The van der Waals surface area contributed by atoms with Crippen molar-refractivity contribution >= 4 is 18.4 Å². The summed E-state index contributed by atoms with van der Waals surface area (Å²) >= 11 is 0. The van der Waals surface area contributed by atoms with Gasteiger partial charge in [0, 0.05) is 12.7 Å². The number of hydrogen-bond acceptors (Lipinski definition) is 4. The molecule has 15 heavy (non-hydrogen) atoms. The highest BCUT2D eigenvalue weighted by Gasteiger charge is 2.21. The van der Waals surface area contributed by atoms with Gasteiger partial charge in [0.1, 0.15) is 5.75 Å². The van der Waals surface area contributed by atoms with Gasteiger partial charge in [-0.2, -0.15) is 0 Å². The Kier molecular flexibility index (Phi) is 3.12. The number of non-ortho nitro benzene ring substituents is 1. The van der Waals surface area contributed by atoms with Gasteiger partial charge in [0.15, 0.2) is 0 Å². The monoisotopic (exact) mass is 231 g/mol. The zero-order valence-electron chi connectivity index (χ0n) is 8.21. The maximum atomic E-state index is 11.4. The van der Waals surface area contributed by atoms with E-state index in [0.29, 0.717) is 0 Å². The van der Waals surface area contributed by atoms with Gasteiger partial charge in [-0.3, -0.25) is 14.7 Å². The maximum Gasteiger partial charge on any atom is 0.273 e. The Bertz CT molecular complexity index is 439. The van der Waals surface area contributed by atoms with Gasteiger partial charge in [-0.25, -0.2) is 0 Å². The fourth-order valence-electron chi connectivity index (χ4n) is 1.12. The zero-order valence-corrected chi connectivity index (χ0v) is 9.10. The van der Waals surface area contributed by atoms with E-state index in [1.165, 1.54) is 19.2 Å². The Morgan fingerprint density at radius 2 is 2.13 bits per heavy atom. The fourth-order valence-corrected chi connectivity index (χ4v) is 2.04. The topological polar surface area (TPSA) is 89.7 Å². The first kappa shape index (κ1) is 11.7. The number of nitro groups is 1. The van der Waals surface area contributed by atoms with Crippen molar-refractivity contribution in [3.05, 3.63) is 28.3 Å². The van der Waals surface area contributed by atoms with Crippen LogP contribution in [0.15, 0.2) is 18.2 Å². The molecule has 1 aromatic rings. The van der Waals surface area contributed by atoms with Crippen molar-refractivity contribution in [2.45, 2.75) is 0 Å². The molecule has 0 aliphatic rings. The SMILES string of the molecule is COc1cc([N+](=O)[O-])ccc1P(C)(=O)O. The summed E-state index contributed by atoms with van der Waals surface area (Å²) in [4.78, 5) is 19.2. The summed E-state index contributed by atoms with van der Waals surface area (Å²) in [5.74, 6) is 0.0533. The Balaban J connectivity index is 3.34. The maximum absolute atomic E-state index is 11.4. The van der Waals surface area contributed by atoms with Crippen LogP contribution >= 0.6 is 7.37 Å². The molecule has 1 unspecified atom stereocenters. The van der Waals surface area contributed by atoms with Crippen molar-refractivity contribution in [1.29, 1.82) is 0 Å². The number of hydrogen-bond donors (Lipinski definition) is 1. The van der Waals surface area contributed by atoms with Crippen LogP contribution in [0.5, 0.6) is 5.75 Å². The first-order chi connectivity index (χ1) is 6.86. The lowest BCUT2D eigenvalue weighted by atomic mass is 10.3. The predicted molar refractivity (Wildman–Crippen MR) is 55.0 cm³/mol. The smallest absolute Gasteiger partial charge is 0.273 e. The molecule has 0 saturated carbocycles. The molecule has 0 spiro atoms. The summed E-state index contributed by atoms with van der Waals surface area (Å²) in [5, 5.41) is 10.5. The van der Waals surface area contributed by atoms with E-state index in [1.807, 2.05) is 0 Å². The molecule has 0 amide bonds. The summed E-state index contributed by atoms with van der Waals surface area (Å²) in [5.41, 5.74) is -0.177. The Hall–Kier alpha value is -1.39. The first-order valence-corrected chi connectivity index (χ1v) is 6.10. The summed E-state index contributed by atoms with van der Waals surface area (Å²) in [6, 6.07) is 3.53. The van der Waals surface area contributed by atoms with Crippen LogP contribution in [0, 0.1) is 10.1 Å². The van der Waals surface area contributed by atoms with E-state index >= 15 is 0 Å². The van der Waals surface area contributed by atoms with Crippen molar-refractivity contribution in [2.75, 3.05) is 13.8 Å². The minimum Gasteiger partial charge on any atom is -0.496 e. The first-order valence-electron chi connectivity index (χ1n) is 3.99. The lowest BCUT2D eigenvalue weighted by molar-refractivity contribution is -0.384. The van der Waals surface area contributed by atoms with Gasteiger partial charge < -0.3 is 9.63 Å². The van der Waals surface area contributed by atoms with Crippen molar-refractivity contribution in [3.8, 4) is 5.75 Å². The largest absolute Gasteiger partial charge is 0.496 e. The zero-order chi connectivity index (χ0) is 11.6. The highest BCUT2D eigenvalue weighted by molar-refractivity contribution is 7.65. The van der Waals surface area contributed by atoms with Crippen LogP contribution in [-0.4, -0.2) is 23.6 Å². The average molecular weight is 231 g/mol. The van der Waals surface area contributed by atoms with E-state index in [1.54, 1.807) is 0 Å². The molecule has 0 fully saturated rings. The van der Waals surface area contributed by atoms with Crippen LogP contribution in [0.4, 0.5) is 5.69 Å². The van der Waals surface area contributed by atoms with Crippen LogP contribution in [0.25, 0.3) is 0 Å². The van der Waals surface area contributed by atoms with E-state index in [0.717, 1.165) is 12.7 Å².